The zero-order valence-electron chi connectivity index (χ0n) is 10.6. The van der Waals surface area contributed by atoms with Crippen molar-refractivity contribution in [3.05, 3.63) is 0 Å². The average Bonchev–Trinajstić information content (AvgIpc) is 2.81. The van der Waals surface area contributed by atoms with E-state index >= 15 is 0 Å². The van der Waals surface area contributed by atoms with Crippen molar-refractivity contribution in [3.8, 4) is 0 Å². The van der Waals surface area contributed by atoms with Gasteiger partial charge in [0.2, 0.25) is 15.9 Å². The number of hydrogen-bond donors (Lipinski definition) is 2. The third kappa shape index (κ3) is 3.40. The van der Waals surface area contributed by atoms with Gasteiger partial charge in [0.25, 0.3) is 0 Å². The van der Waals surface area contributed by atoms with Crippen LogP contribution in [0.25, 0.3) is 0 Å². The quantitative estimate of drug-likeness (QED) is 0.666. The molecule has 100 valence electrons. The van der Waals surface area contributed by atoms with E-state index in [0.717, 1.165) is 6.54 Å². The Morgan fingerprint density at radius 1 is 1.59 bits per heavy atom. The van der Waals surface area contributed by atoms with Gasteiger partial charge in [0.1, 0.15) is 0 Å². The molecular weight excluding hydrogens is 242 g/mol. The summed E-state index contributed by atoms with van der Waals surface area (Å²) in [5.74, 6) is -0.481. The van der Waals surface area contributed by atoms with E-state index < -0.39 is 10.0 Å². The lowest BCUT2D eigenvalue weighted by Crippen LogP contribution is -2.42. The largest absolute Gasteiger partial charge is 0.359 e. The maximum Gasteiger partial charge on any atom is 0.223 e. The minimum atomic E-state index is -3.28. The molecule has 1 rings (SSSR count). The molecule has 1 amide bonds. The van der Waals surface area contributed by atoms with Gasteiger partial charge in [-0.25, -0.2) is 12.7 Å². The molecule has 1 saturated heterocycles. The molecule has 0 radical (unpaired) electrons. The number of nitrogens with zero attached hydrogens (tertiary/aromatic N) is 1. The smallest absolute Gasteiger partial charge is 0.223 e. The molecule has 0 bridgehead atoms. The van der Waals surface area contributed by atoms with Crippen molar-refractivity contribution < 1.29 is 13.2 Å². The average molecular weight is 263 g/mol. The van der Waals surface area contributed by atoms with Crippen LogP contribution in [0.3, 0.4) is 0 Å². The van der Waals surface area contributed by atoms with Gasteiger partial charge in [0.05, 0.1) is 5.25 Å². The summed E-state index contributed by atoms with van der Waals surface area (Å²) >= 11 is 0. The monoisotopic (exact) mass is 263 g/mol. The Morgan fingerprint density at radius 3 is 2.71 bits per heavy atom. The predicted octanol–water partition coefficient (Wildman–Crippen LogP) is -1.01. The third-order valence-electron chi connectivity index (χ3n) is 3.10. The molecule has 0 aromatic heterocycles. The second-order valence-electron chi connectivity index (χ2n) is 4.46. The first-order valence-corrected chi connectivity index (χ1v) is 7.27. The molecule has 0 aliphatic carbocycles. The van der Waals surface area contributed by atoms with Crippen LogP contribution in [0.15, 0.2) is 0 Å². The van der Waals surface area contributed by atoms with Crippen LogP contribution in [0.1, 0.15) is 13.3 Å². The molecule has 1 heterocycles. The molecule has 17 heavy (non-hydrogen) atoms. The van der Waals surface area contributed by atoms with Gasteiger partial charge in [-0.15, -0.1) is 0 Å². The van der Waals surface area contributed by atoms with Crippen LogP contribution < -0.4 is 10.6 Å². The minimum absolute atomic E-state index is 0.142. The van der Waals surface area contributed by atoms with Gasteiger partial charge >= 0.3 is 0 Å². The SMILES string of the molecule is CNC(=O)C(C)CN(C)S(=O)(=O)C1CCNC1. The zero-order chi connectivity index (χ0) is 13.1. The topological polar surface area (TPSA) is 78.5 Å². The molecule has 1 aliphatic heterocycles. The first-order valence-electron chi connectivity index (χ1n) is 5.77. The van der Waals surface area contributed by atoms with Crippen molar-refractivity contribution in [1.29, 1.82) is 0 Å². The molecule has 0 aromatic rings. The molecule has 2 unspecified atom stereocenters. The standard InChI is InChI=1S/C10H21N3O3S/c1-8(10(14)11-2)7-13(3)17(15,16)9-4-5-12-6-9/h8-9,12H,4-7H2,1-3H3,(H,11,14). The van der Waals surface area contributed by atoms with Crippen molar-refractivity contribution >= 4 is 15.9 Å². The fraction of sp³-hybridized carbons (Fsp3) is 0.900. The van der Waals surface area contributed by atoms with Gasteiger partial charge in [-0.1, -0.05) is 6.92 Å². The Balaban J connectivity index is 2.62. The summed E-state index contributed by atoms with van der Waals surface area (Å²) in [6, 6.07) is 0. The van der Waals surface area contributed by atoms with Crippen molar-refractivity contribution in [3.63, 3.8) is 0 Å². The van der Waals surface area contributed by atoms with Crippen LogP contribution in [0.5, 0.6) is 0 Å². The minimum Gasteiger partial charge on any atom is -0.359 e. The number of amides is 1. The molecule has 0 saturated carbocycles. The van der Waals surface area contributed by atoms with Crippen LogP contribution in [-0.4, -0.2) is 57.6 Å². The Bertz CT molecular complexity index is 363. The Kier molecular flexibility index (Phi) is 4.91. The predicted molar refractivity (Wildman–Crippen MR) is 66.1 cm³/mol. The molecule has 7 heteroatoms. The highest BCUT2D eigenvalue weighted by Crippen LogP contribution is 2.15. The molecule has 2 N–H and O–H groups in total. The lowest BCUT2D eigenvalue weighted by Gasteiger charge is -2.23. The first kappa shape index (κ1) is 14.4. The molecule has 0 aromatic carbocycles. The lowest BCUT2D eigenvalue weighted by atomic mass is 10.2. The first-order chi connectivity index (χ1) is 7.89. The van der Waals surface area contributed by atoms with E-state index in [1.54, 1.807) is 14.0 Å². The van der Waals surface area contributed by atoms with Gasteiger partial charge in [-0.05, 0) is 13.0 Å². The fourth-order valence-electron chi connectivity index (χ4n) is 1.96. The lowest BCUT2D eigenvalue weighted by molar-refractivity contribution is -0.124. The van der Waals surface area contributed by atoms with Crippen LogP contribution in [0, 0.1) is 5.92 Å². The van der Waals surface area contributed by atoms with Crippen LogP contribution in [0.4, 0.5) is 0 Å². The number of carbonyl (C=O) groups is 1. The Morgan fingerprint density at radius 2 is 2.24 bits per heavy atom. The van der Waals surface area contributed by atoms with E-state index in [9.17, 15) is 13.2 Å². The molecule has 1 fully saturated rings. The van der Waals surface area contributed by atoms with Crippen LogP contribution in [-0.2, 0) is 14.8 Å². The van der Waals surface area contributed by atoms with Crippen LogP contribution >= 0.6 is 0 Å². The molecule has 6 nitrogen and oxygen atoms in total. The van der Waals surface area contributed by atoms with E-state index in [4.69, 9.17) is 0 Å². The normalized spacial score (nSPS) is 22.7. The summed E-state index contributed by atoms with van der Waals surface area (Å²) in [6.45, 7) is 3.18. The summed E-state index contributed by atoms with van der Waals surface area (Å²) in [7, 11) is -0.200. The Labute approximate surface area is 103 Å². The maximum absolute atomic E-state index is 12.1. The van der Waals surface area contributed by atoms with Crippen molar-refractivity contribution in [2.24, 2.45) is 5.92 Å². The maximum atomic E-state index is 12.1. The van der Waals surface area contributed by atoms with Gasteiger partial charge in [-0.3, -0.25) is 4.79 Å². The van der Waals surface area contributed by atoms with Gasteiger partial charge < -0.3 is 10.6 Å². The second kappa shape index (κ2) is 5.79. The highest BCUT2D eigenvalue weighted by atomic mass is 32.2. The summed E-state index contributed by atoms with van der Waals surface area (Å²) < 4.78 is 25.6. The van der Waals surface area contributed by atoms with E-state index in [0.29, 0.717) is 13.0 Å². The fourth-order valence-corrected chi connectivity index (χ4v) is 3.64. The highest BCUT2D eigenvalue weighted by molar-refractivity contribution is 7.89. The summed E-state index contributed by atoms with van der Waals surface area (Å²) in [6.07, 6.45) is 0.640. The van der Waals surface area contributed by atoms with E-state index in [1.165, 1.54) is 11.4 Å². The van der Waals surface area contributed by atoms with Gasteiger partial charge in [0, 0.05) is 33.1 Å². The molecule has 2 atom stereocenters. The second-order valence-corrected chi connectivity index (χ2v) is 6.78. The summed E-state index contributed by atoms with van der Waals surface area (Å²) in [5.41, 5.74) is 0. The number of rotatable bonds is 5. The molecule has 1 aliphatic rings. The number of hydrogen-bond acceptors (Lipinski definition) is 4. The van der Waals surface area contributed by atoms with Crippen molar-refractivity contribution in [2.45, 2.75) is 18.6 Å². The number of sulfonamides is 1. The van der Waals surface area contributed by atoms with E-state index in [2.05, 4.69) is 10.6 Å². The summed E-state index contributed by atoms with van der Waals surface area (Å²) in [5, 5.41) is 5.20. The summed E-state index contributed by atoms with van der Waals surface area (Å²) in [4.78, 5) is 11.4. The number of carbonyl (C=O) groups excluding carboxylic acids is 1. The molecular formula is C10H21N3O3S. The molecule has 0 spiro atoms. The van der Waals surface area contributed by atoms with Crippen molar-refractivity contribution in [2.75, 3.05) is 33.7 Å². The van der Waals surface area contributed by atoms with E-state index in [1.807, 2.05) is 0 Å². The third-order valence-corrected chi connectivity index (χ3v) is 5.36. The van der Waals surface area contributed by atoms with Crippen molar-refractivity contribution in [1.82, 2.24) is 14.9 Å². The highest BCUT2D eigenvalue weighted by Gasteiger charge is 2.33. The number of nitrogens with one attached hydrogen (secondary N) is 2. The Hall–Kier alpha value is -0.660. The van der Waals surface area contributed by atoms with Gasteiger partial charge in [-0.2, -0.15) is 0 Å². The zero-order valence-corrected chi connectivity index (χ0v) is 11.4. The van der Waals surface area contributed by atoms with E-state index in [-0.39, 0.29) is 23.6 Å². The van der Waals surface area contributed by atoms with Crippen LogP contribution in [0.2, 0.25) is 0 Å². The van der Waals surface area contributed by atoms with Gasteiger partial charge in [0.15, 0.2) is 0 Å².